The maximum Gasteiger partial charge on any atom is 0.0795 e. The lowest BCUT2D eigenvalue weighted by Gasteiger charge is -2.06. The van der Waals surface area contributed by atoms with Crippen molar-refractivity contribution in [2.24, 2.45) is 0 Å². The van der Waals surface area contributed by atoms with Crippen LogP contribution in [-0.4, -0.2) is 11.2 Å². The molecule has 0 saturated heterocycles. The average Bonchev–Trinajstić information content (AvgIpc) is 2.04. The van der Waals surface area contributed by atoms with E-state index in [0.717, 1.165) is 18.4 Å². The van der Waals surface area contributed by atoms with Gasteiger partial charge in [0.25, 0.3) is 0 Å². The van der Waals surface area contributed by atoms with Crippen molar-refractivity contribution < 1.29 is 5.11 Å². The summed E-state index contributed by atoms with van der Waals surface area (Å²) in [6, 6.07) is 0. The van der Waals surface area contributed by atoms with E-state index >= 15 is 0 Å². The number of hydrogen-bond donors (Lipinski definition) is 1. The first-order valence-electron chi connectivity index (χ1n) is 4.79. The Bertz CT molecular complexity index is 152. The Labute approximate surface area is 75.8 Å². The van der Waals surface area contributed by atoms with Crippen LogP contribution in [0.4, 0.5) is 0 Å². The molecule has 1 heteroatoms. The number of aliphatic hydroxyl groups is 1. The maximum atomic E-state index is 9.23. The summed E-state index contributed by atoms with van der Waals surface area (Å²) in [7, 11) is 0. The Morgan fingerprint density at radius 1 is 1.42 bits per heavy atom. The second kappa shape index (κ2) is 7.15. The normalized spacial score (nSPS) is 12.2. The largest absolute Gasteiger partial charge is 0.388 e. The second-order valence-corrected chi connectivity index (χ2v) is 3.19. The molecule has 12 heavy (non-hydrogen) atoms. The molecule has 0 aromatic heterocycles. The second-order valence-electron chi connectivity index (χ2n) is 3.19. The van der Waals surface area contributed by atoms with Gasteiger partial charge >= 0.3 is 0 Å². The molecular formula is C11H20O. The zero-order valence-corrected chi connectivity index (χ0v) is 8.27. The zero-order chi connectivity index (χ0) is 9.40. The minimum absolute atomic E-state index is 0.371. The van der Waals surface area contributed by atoms with Crippen molar-refractivity contribution in [3.63, 3.8) is 0 Å². The highest BCUT2D eigenvalue weighted by Gasteiger charge is 2.02. The molecule has 0 aliphatic carbocycles. The topological polar surface area (TPSA) is 20.2 Å². The Morgan fingerprint density at radius 3 is 2.50 bits per heavy atom. The number of aliphatic hydroxyl groups excluding tert-OH is 1. The van der Waals surface area contributed by atoms with Crippen LogP contribution in [0.1, 0.15) is 46.0 Å². The third-order valence-corrected chi connectivity index (χ3v) is 2.03. The molecule has 0 aliphatic heterocycles. The molecule has 0 aromatic carbocycles. The molecule has 0 saturated carbocycles. The highest BCUT2D eigenvalue weighted by molar-refractivity contribution is 5.03. The molecule has 1 N–H and O–H groups in total. The molecule has 0 aromatic rings. The van der Waals surface area contributed by atoms with Crippen LogP contribution < -0.4 is 0 Å². The summed E-state index contributed by atoms with van der Waals surface area (Å²) in [5, 5.41) is 9.23. The minimum Gasteiger partial charge on any atom is -0.388 e. The van der Waals surface area contributed by atoms with Crippen LogP contribution in [0.5, 0.6) is 0 Å². The Hall–Kier alpha value is -0.520. The van der Waals surface area contributed by atoms with Gasteiger partial charge in [-0.25, -0.2) is 0 Å². The third-order valence-electron chi connectivity index (χ3n) is 2.03. The van der Waals surface area contributed by atoms with E-state index < -0.39 is 0 Å². The van der Waals surface area contributed by atoms with Gasteiger partial charge in [0.1, 0.15) is 0 Å². The van der Waals surface area contributed by atoms with Gasteiger partial charge in [-0.3, -0.25) is 0 Å². The van der Waals surface area contributed by atoms with E-state index in [1.165, 1.54) is 19.3 Å². The van der Waals surface area contributed by atoms with Crippen LogP contribution in [0, 0.1) is 0 Å². The first-order chi connectivity index (χ1) is 5.72. The molecular weight excluding hydrogens is 148 g/mol. The van der Waals surface area contributed by atoms with Crippen molar-refractivity contribution in [2.45, 2.75) is 52.1 Å². The number of rotatable bonds is 6. The van der Waals surface area contributed by atoms with Crippen molar-refractivity contribution in [1.82, 2.24) is 0 Å². The van der Waals surface area contributed by atoms with E-state index in [1.807, 2.05) is 0 Å². The van der Waals surface area contributed by atoms with Crippen LogP contribution in [0.15, 0.2) is 17.9 Å². The van der Waals surface area contributed by atoms with Gasteiger partial charge in [0.15, 0.2) is 0 Å². The lowest BCUT2D eigenvalue weighted by atomic mass is 10.0. The smallest absolute Gasteiger partial charge is 0.0795 e. The molecule has 1 atom stereocenters. The van der Waals surface area contributed by atoms with Crippen LogP contribution in [0.25, 0.3) is 0 Å². The van der Waals surface area contributed by atoms with Crippen LogP contribution >= 0.6 is 0 Å². The molecule has 0 aliphatic rings. The molecule has 0 heterocycles. The number of hydrogen-bond acceptors (Lipinski definition) is 1. The van der Waals surface area contributed by atoms with Crippen LogP contribution in [0.2, 0.25) is 0 Å². The summed E-state index contributed by atoms with van der Waals surface area (Å²) in [5.41, 5.74) is 3.75. The molecule has 1 nitrogen and oxygen atoms in total. The standard InChI is InChI=1S/C11H20O/c1-4-6-7-8-9-11(5-2)10(3)12/h10,12H,2,4,6-9H2,1,3H3. The Kier molecular flexibility index (Phi) is 6.84. The Morgan fingerprint density at radius 2 is 2.08 bits per heavy atom. The van der Waals surface area contributed by atoms with Gasteiger partial charge in [-0.15, -0.1) is 5.73 Å². The molecule has 0 spiro atoms. The highest BCUT2D eigenvalue weighted by atomic mass is 16.3. The van der Waals surface area contributed by atoms with Gasteiger partial charge in [-0.2, -0.15) is 0 Å². The molecule has 0 bridgehead atoms. The molecule has 70 valence electrons. The summed E-state index contributed by atoms with van der Waals surface area (Å²) in [5.74, 6) is 0. The summed E-state index contributed by atoms with van der Waals surface area (Å²) in [6.07, 6.45) is 5.50. The fraction of sp³-hybridized carbons (Fsp3) is 0.727. The number of unbranched alkanes of at least 4 members (excludes halogenated alkanes) is 3. The fourth-order valence-corrected chi connectivity index (χ4v) is 1.19. The van der Waals surface area contributed by atoms with E-state index in [-0.39, 0.29) is 6.10 Å². The van der Waals surface area contributed by atoms with Gasteiger partial charge in [0.05, 0.1) is 6.10 Å². The first kappa shape index (κ1) is 11.5. The van der Waals surface area contributed by atoms with Crippen LogP contribution in [-0.2, 0) is 0 Å². The van der Waals surface area contributed by atoms with Crippen molar-refractivity contribution >= 4 is 0 Å². The molecule has 0 rings (SSSR count). The lowest BCUT2D eigenvalue weighted by molar-refractivity contribution is 0.226. The van der Waals surface area contributed by atoms with E-state index in [2.05, 4.69) is 19.2 Å². The summed E-state index contributed by atoms with van der Waals surface area (Å²) in [6.45, 7) is 7.52. The van der Waals surface area contributed by atoms with E-state index in [0.29, 0.717) is 0 Å². The van der Waals surface area contributed by atoms with Crippen molar-refractivity contribution in [3.05, 3.63) is 17.9 Å². The third kappa shape index (κ3) is 5.17. The summed E-state index contributed by atoms with van der Waals surface area (Å²) >= 11 is 0. The predicted molar refractivity (Wildman–Crippen MR) is 53.1 cm³/mol. The van der Waals surface area contributed by atoms with Gasteiger partial charge < -0.3 is 5.11 Å². The van der Waals surface area contributed by atoms with Gasteiger partial charge in [0.2, 0.25) is 0 Å². The monoisotopic (exact) mass is 168 g/mol. The predicted octanol–water partition coefficient (Wildman–Crippen LogP) is 3.05. The molecule has 0 radical (unpaired) electrons. The van der Waals surface area contributed by atoms with Gasteiger partial charge in [-0.05, 0) is 25.3 Å². The van der Waals surface area contributed by atoms with E-state index in [1.54, 1.807) is 6.92 Å². The summed E-state index contributed by atoms with van der Waals surface area (Å²) < 4.78 is 0. The van der Waals surface area contributed by atoms with E-state index in [4.69, 9.17) is 0 Å². The van der Waals surface area contributed by atoms with Crippen molar-refractivity contribution in [3.8, 4) is 0 Å². The zero-order valence-electron chi connectivity index (χ0n) is 8.27. The average molecular weight is 168 g/mol. The van der Waals surface area contributed by atoms with E-state index in [9.17, 15) is 5.11 Å². The first-order valence-corrected chi connectivity index (χ1v) is 4.79. The molecule has 0 amide bonds. The maximum absolute atomic E-state index is 9.23. The van der Waals surface area contributed by atoms with Crippen LogP contribution in [0.3, 0.4) is 0 Å². The quantitative estimate of drug-likeness (QED) is 0.477. The minimum atomic E-state index is -0.371. The van der Waals surface area contributed by atoms with Gasteiger partial charge in [-0.1, -0.05) is 32.8 Å². The van der Waals surface area contributed by atoms with Gasteiger partial charge in [0, 0.05) is 0 Å². The highest BCUT2D eigenvalue weighted by Crippen LogP contribution is 2.11. The SMILES string of the molecule is C=C=C(CCCCCC)C(C)O. The Balaban J connectivity index is 3.54. The molecule has 1 unspecified atom stereocenters. The molecule has 0 fully saturated rings. The fourth-order valence-electron chi connectivity index (χ4n) is 1.19. The van der Waals surface area contributed by atoms with Crippen molar-refractivity contribution in [2.75, 3.05) is 0 Å². The lowest BCUT2D eigenvalue weighted by Crippen LogP contribution is -2.03. The summed E-state index contributed by atoms with van der Waals surface area (Å²) in [4.78, 5) is 0. The van der Waals surface area contributed by atoms with Crippen molar-refractivity contribution in [1.29, 1.82) is 0 Å².